The highest BCUT2D eigenvalue weighted by Crippen LogP contribution is 2.38. The topological polar surface area (TPSA) is 57.1 Å². The molecule has 1 heterocycles. The first kappa shape index (κ1) is 20.8. The lowest BCUT2D eigenvalue weighted by atomic mass is 10.1. The lowest BCUT2D eigenvalue weighted by molar-refractivity contribution is -0.129. The molecule has 7 heteroatoms. The average Bonchev–Trinajstić information content (AvgIpc) is 3.01. The number of ether oxygens (including phenoxy) is 3. The van der Waals surface area contributed by atoms with E-state index in [1.807, 2.05) is 13.8 Å². The van der Waals surface area contributed by atoms with Crippen LogP contribution in [0.4, 0.5) is 4.39 Å². The summed E-state index contributed by atoms with van der Waals surface area (Å²) in [4.78, 5) is 16.4. The second kappa shape index (κ2) is 9.05. The van der Waals surface area contributed by atoms with Gasteiger partial charge in [-0.1, -0.05) is 18.7 Å². The first-order valence-corrected chi connectivity index (χ1v) is 9.69. The molecule has 0 bridgehead atoms. The van der Waals surface area contributed by atoms with Crippen molar-refractivity contribution in [1.82, 2.24) is 0 Å². The Hall–Kier alpha value is -2.93. The van der Waals surface area contributed by atoms with Crippen molar-refractivity contribution in [3.8, 4) is 11.5 Å². The summed E-state index contributed by atoms with van der Waals surface area (Å²) in [5.41, 5.74) is 1.71. The molecule has 0 unspecified atom stereocenters. The number of hydrogen-bond acceptors (Lipinski definition) is 5. The van der Waals surface area contributed by atoms with Crippen molar-refractivity contribution in [1.29, 1.82) is 0 Å². The Morgan fingerprint density at radius 1 is 1.31 bits per heavy atom. The molecule has 5 nitrogen and oxygen atoms in total. The summed E-state index contributed by atoms with van der Waals surface area (Å²) in [5.74, 6) is -0.174. The smallest absolute Gasteiger partial charge is 0.363 e. The van der Waals surface area contributed by atoms with Crippen LogP contribution in [0.25, 0.3) is 6.08 Å². The summed E-state index contributed by atoms with van der Waals surface area (Å²) in [5, 5.41) is 0. The molecule has 0 fully saturated rings. The Balaban J connectivity index is 1.96. The van der Waals surface area contributed by atoms with Crippen LogP contribution in [0.1, 0.15) is 25.0 Å². The summed E-state index contributed by atoms with van der Waals surface area (Å²) in [6.07, 6.45) is 1.55. The fourth-order valence-electron chi connectivity index (χ4n) is 2.59. The van der Waals surface area contributed by atoms with Gasteiger partial charge in [-0.15, -0.1) is 0 Å². The number of esters is 1. The molecule has 0 saturated heterocycles. The summed E-state index contributed by atoms with van der Waals surface area (Å²) in [7, 11) is 0. The van der Waals surface area contributed by atoms with Crippen molar-refractivity contribution < 1.29 is 23.4 Å². The lowest BCUT2D eigenvalue weighted by Gasteiger charge is -2.14. The first-order valence-electron chi connectivity index (χ1n) is 8.90. The number of halogens is 2. The molecule has 0 radical (unpaired) electrons. The van der Waals surface area contributed by atoms with Gasteiger partial charge < -0.3 is 14.2 Å². The first-order chi connectivity index (χ1) is 13.9. The predicted octanol–water partition coefficient (Wildman–Crippen LogP) is 5.29. The Morgan fingerprint density at radius 2 is 2.07 bits per heavy atom. The number of hydrogen-bond donors (Lipinski definition) is 0. The molecule has 1 aliphatic rings. The molecular weight excluding hydrogens is 441 g/mol. The summed E-state index contributed by atoms with van der Waals surface area (Å²) >= 11 is 3.48. The highest BCUT2D eigenvalue weighted by molar-refractivity contribution is 9.10. The molecule has 0 aliphatic carbocycles. The Morgan fingerprint density at radius 3 is 2.76 bits per heavy atom. The second-order valence-corrected chi connectivity index (χ2v) is 7.18. The van der Waals surface area contributed by atoms with Crippen LogP contribution < -0.4 is 9.47 Å². The molecule has 1 aliphatic heterocycles. The minimum absolute atomic E-state index is 0.0632. The molecule has 150 valence electrons. The van der Waals surface area contributed by atoms with Crippen molar-refractivity contribution >= 4 is 33.9 Å². The van der Waals surface area contributed by atoms with Gasteiger partial charge in [-0.05, 0) is 71.3 Å². The maximum Gasteiger partial charge on any atom is 0.363 e. The number of carbonyl (C=O) groups excluding carboxylic acids is 1. The lowest BCUT2D eigenvalue weighted by Crippen LogP contribution is -2.07. The third-order valence-corrected chi connectivity index (χ3v) is 4.41. The van der Waals surface area contributed by atoms with Crippen LogP contribution in [0.15, 0.2) is 63.7 Å². The van der Waals surface area contributed by atoms with Gasteiger partial charge in [0.25, 0.3) is 0 Å². The fraction of sp³-hybridized carbons (Fsp3) is 0.182. The maximum atomic E-state index is 14.0. The van der Waals surface area contributed by atoms with Crippen LogP contribution >= 0.6 is 15.9 Å². The summed E-state index contributed by atoms with van der Waals surface area (Å²) in [6, 6.07) is 9.49. The van der Waals surface area contributed by atoms with Gasteiger partial charge in [-0.3, -0.25) is 0 Å². The van der Waals surface area contributed by atoms with Crippen LogP contribution in [0.3, 0.4) is 0 Å². The number of cyclic esters (lactones) is 1. The second-order valence-electron chi connectivity index (χ2n) is 6.32. The molecule has 2 aromatic rings. The normalized spacial score (nSPS) is 14.6. The Labute approximate surface area is 176 Å². The van der Waals surface area contributed by atoms with E-state index < -0.39 is 11.8 Å². The fourth-order valence-corrected chi connectivity index (χ4v) is 3.16. The number of carbonyl (C=O) groups is 1. The minimum Gasteiger partial charge on any atom is -0.490 e. The molecule has 0 aromatic heterocycles. The third kappa shape index (κ3) is 4.92. The molecule has 0 spiro atoms. The van der Waals surface area contributed by atoms with Crippen LogP contribution in [0.5, 0.6) is 11.5 Å². The molecule has 0 atom stereocenters. The maximum absolute atomic E-state index is 14.0. The summed E-state index contributed by atoms with van der Waals surface area (Å²) < 4.78 is 31.2. The van der Waals surface area contributed by atoms with E-state index >= 15 is 0 Å². The quantitative estimate of drug-likeness (QED) is 0.320. The molecule has 2 aromatic carbocycles. The Bertz CT molecular complexity index is 1030. The molecule has 0 amide bonds. The standard InChI is InChI=1S/C22H19BrFNO4/c1-4-27-19-11-14(9-16(23)20(19)28-12-13(2)3)10-18-22(26)29-21(25-18)15-7-5-6-8-17(15)24/h5-11H,2,4,12H2,1,3H3/b18-10-. The highest BCUT2D eigenvalue weighted by atomic mass is 79.9. The van der Waals surface area contributed by atoms with E-state index in [1.165, 1.54) is 12.1 Å². The van der Waals surface area contributed by atoms with E-state index in [9.17, 15) is 9.18 Å². The van der Waals surface area contributed by atoms with E-state index in [4.69, 9.17) is 14.2 Å². The SMILES string of the molecule is C=C(C)COc1c(Br)cc(/C=C2\N=C(c3ccccc3F)OC2=O)cc1OCC. The van der Waals surface area contributed by atoms with E-state index in [0.29, 0.717) is 34.7 Å². The van der Waals surface area contributed by atoms with E-state index in [2.05, 4.69) is 27.5 Å². The Kier molecular flexibility index (Phi) is 6.49. The number of aliphatic imine (C=N–C) groups is 1. The van der Waals surface area contributed by atoms with E-state index in [0.717, 1.165) is 5.57 Å². The minimum atomic E-state index is -0.653. The van der Waals surface area contributed by atoms with Gasteiger partial charge in [-0.25, -0.2) is 14.2 Å². The van der Waals surface area contributed by atoms with Gasteiger partial charge in [0.1, 0.15) is 12.4 Å². The number of benzene rings is 2. The van der Waals surface area contributed by atoms with E-state index in [1.54, 1.807) is 30.3 Å². The van der Waals surface area contributed by atoms with Crippen LogP contribution in [0, 0.1) is 5.82 Å². The van der Waals surface area contributed by atoms with Gasteiger partial charge in [0, 0.05) is 0 Å². The van der Waals surface area contributed by atoms with Crippen LogP contribution in [0.2, 0.25) is 0 Å². The van der Waals surface area contributed by atoms with Gasteiger partial charge in [0.2, 0.25) is 5.90 Å². The molecule has 29 heavy (non-hydrogen) atoms. The zero-order chi connectivity index (χ0) is 21.0. The van der Waals surface area contributed by atoms with Crippen molar-refractivity contribution in [2.75, 3.05) is 13.2 Å². The van der Waals surface area contributed by atoms with Gasteiger partial charge in [-0.2, -0.15) is 0 Å². The zero-order valence-electron chi connectivity index (χ0n) is 16.0. The summed E-state index contributed by atoms with van der Waals surface area (Å²) in [6.45, 7) is 8.34. The van der Waals surface area contributed by atoms with Crippen LogP contribution in [-0.2, 0) is 9.53 Å². The number of nitrogens with zero attached hydrogens (tertiary/aromatic N) is 1. The molecule has 3 rings (SSSR count). The molecular formula is C22H19BrFNO4. The predicted molar refractivity (Wildman–Crippen MR) is 113 cm³/mol. The molecule has 0 N–H and O–H groups in total. The number of rotatable bonds is 7. The zero-order valence-corrected chi connectivity index (χ0v) is 17.6. The van der Waals surface area contributed by atoms with Gasteiger partial charge >= 0.3 is 5.97 Å². The van der Waals surface area contributed by atoms with Crippen molar-refractivity contribution in [3.05, 3.63) is 75.7 Å². The monoisotopic (exact) mass is 459 g/mol. The third-order valence-electron chi connectivity index (χ3n) is 3.82. The van der Waals surface area contributed by atoms with Crippen molar-refractivity contribution in [3.63, 3.8) is 0 Å². The van der Waals surface area contributed by atoms with Gasteiger partial charge in [0.15, 0.2) is 17.2 Å². The largest absolute Gasteiger partial charge is 0.490 e. The van der Waals surface area contributed by atoms with Crippen LogP contribution in [-0.4, -0.2) is 25.1 Å². The van der Waals surface area contributed by atoms with E-state index in [-0.39, 0.29) is 17.2 Å². The highest BCUT2D eigenvalue weighted by Gasteiger charge is 2.26. The average molecular weight is 460 g/mol. The molecule has 0 saturated carbocycles. The van der Waals surface area contributed by atoms with Gasteiger partial charge in [0.05, 0.1) is 16.6 Å². The van der Waals surface area contributed by atoms with Crippen molar-refractivity contribution in [2.45, 2.75) is 13.8 Å². The van der Waals surface area contributed by atoms with Crippen molar-refractivity contribution in [2.24, 2.45) is 4.99 Å².